The van der Waals surface area contributed by atoms with Crippen molar-refractivity contribution in [3.05, 3.63) is 65.3 Å². The molecule has 0 saturated carbocycles. The van der Waals surface area contributed by atoms with Gasteiger partial charge in [-0.05, 0) is 24.3 Å². The molecule has 0 atom stereocenters. The third-order valence-electron chi connectivity index (χ3n) is 5.10. The van der Waals surface area contributed by atoms with Gasteiger partial charge in [-0.15, -0.1) is 11.3 Å². The number of hydrogen-bond donors (Lipinski definition) is 0. The van der Waals surface area contributed by atoms with Crippen molar-refractivity contribution in [3.63, 3.8) is 0 Å². The van der Waals surface area contributed by atoms with E-state index in [0.717, 1.165) is 29.5 Å². The molecule has 0 aliphatic carbocycles. The average molecular weight is 454 g/mol. The number of carbonyl (C=O) groups excluding carboxylic acids is 2. The number of thiazole rings is 1. The summed E-state index contributed by atoms with van der Waals surface area (Å²) in [6, 6.07) is 7.62. The second-order valence-electron chi connectivity index (χ2n) is 6.98. The van der Waals surface area contributed by atoms with Crippen LogP contribution in [0.1, 0.15) is 0 Å². The molecule has 2 aromatic rings. The second kappa shape index (κ2) is 9.80. The van der Waals surface area contributed by atoms with Gasteiger partial charge in [-0.1, -0.05) is 18.2 Å². The molecule has 0 bridgehead atoms. The van der Waals surface area contributed by atoms with E-state index in [0.29, 0.717) is 18.9 Å². The molecule has 1 fully saturated rings. The molecule has 0 unspecified atom stereocenters. The summed E-state index contributed by atoms with van der Waals surface area (Å²) in [5, 5.41) is 3.01. The fraction of sp³-hybridized carbons (Fsp3) is 0.261. The molecule has 0 spiro atoms. The van der Waals surface area contributed by atoms with Gasteiger partial charge >= 0.3 is 11.9 Å². The first-order chi connectivity index (χ1) is 15.6. The van der Waals surface area contributed by atoms with Crippen molar-refractivity contribution >= 4 is 34.1 Å². The zero-order chi connectivity index (χ0) is 22.5. The van der Waals surface area contributed by atoms with Crippen molar-refractivity contribution in [2.45, 2.75) is 0 Å². The summed E-state index contributed by atoms with van der Waals surface area (Å²) in [4.78, 5) is 33.5. The van der Waals surface area contributed by atoms with E-state index >= 15 is 0 Å². The number of carbonyl (C=O) groups is 2. The van der Waals surface area contributed by atoms with Crippen LogP contribution < -0.4 is 9.80 Å². The maximum Gasteiger partial charge on any atom is 0.355 e. The van der Waals surface area contributed by atoms with Crippen molar-refractivity contribution in [1.29, 1.82) is 0 Å². The number of methoxy groups -OCH3 is 2. The highest BCUT2D eigenvalue weighted by Gasteiger charge is 2.27. The molecule has 4 rings (SSSR count). The third kappa shape index (κ3) is 4.44. The lowest BCUT2D eigenvalue weighted by Crippen LogP contribution is -2.36. The van der Waals surface area contributed by atoms with E-state index < -0.39 is 11.9 Å². The Morgan fingerprint density at radius 3 is 2.44 bits per heavy atom. The SMILES string of the molecule is COC(=O)C1=C(C(=O)OC)N(c2ccc(-c3csc(N4CCOCC4)n3)cc2)C=CC=C1. The van der Waals surface area contributed by atoms with E-state index in [9.17, 15) is 9.59 Å². The normalized spacial score (nSPS) is 16.2. The van der Waals surface area contributed by atoms with E-state index in [1.54, 1.807) is 34.6 Å². The molecule has 1 aromatic heterocycles. The van der Waals surface area contributed by atoms with Gasteiger partial charge in [-0.2, -0.15) is 0 Å². The first-order valence-corrected chi connectivity index (χ1v) is 10.9. The van der Waals surface area contributed by atoms with Crippen LogP contribution in [0.4, 0.5) is 10.8 Å². The Balaban J connectivity index is 1.63. The summed E-state index contributed by atoms with van der Waals surface area (Å²) in [6.07, 6.45) is 6.65. The maximum atomic E-state index is 12.6. The monoisotopic (exact) mass is 453 g/mol. The van der Waals surface area contributed by atoms with Crippen molar-refractivity contribution in [2.75, 3.05) is 50.3 Å². The van der Waals surface area contributed by atoms with Gasteiger partial charge in [0.2, 0.25) is 0 Å². The molecule has 9 heteroatoms. The molecule has 1 saturated heterocycles. The molecule has 2 aliphatic rings. The quantitative estimate of drug-likeness (QED) is 0.639. The van der Waals surface area contributed by atoms with Crippen LogP contribution in [0.3, 0.4) is 0 Å². The highest BCUT2D eigenvalue weighted by atomic mass is 32.1. The number of rotatable bonds is 5. The Morgan fingerprint density at radius 1 is 1.03 bits per heavy atom. The molecule has 2 aliphatic heterocycles. The predicted molar refractivity (Wildman–Crippen MR) is 122 cm³/mol. The highest BCUT2D eigenvalue weighted by Crippen LogP contribution is 2.31. The maximum absolute atomic E-state index is 12.6. The minimum absolute atomic E-state index is 0.0837. The lowest BCUT2D eigenvalue weighted by Gasteiger charge is -2.26. The van der Waals surface area contributed by atoms with Gasteiger partial charge < -0.3 is 24.0 Å². The molecular weight excluding hydrogens is 430 g/mol. The van der Waals surface area contributed by atoms with Crippen LogP contribution in [0.15, 0.2) is 65.3 Å². The van der Waals surface area contributed by atoms with E-state index in [4.69, 9.17) is 19.2 Å². The lowest BCUT2D eigenvalue weighted by molar-refractivity contribution is -0.139. The van der Waals surface area contributed by atoms with Gasteiger partial charge in [-0.3, -0.25) is 0 Å². The third-order valence-corrected chi connectivity index (χ3v) is 6.01. The Hall–Kier alpha value is -3.43. The van der Waals surface area contributed by atoms with Gasteiger partial charge in [0.25, 0.3) is 0 Å². The summed E-state index contributed by atoms with van der Waals surface area (Å²) in [6.45, 7) is 3.11. The minimum Gasteiger partial charge on any atom is -0.465 e. The van der Waals surface area contributed by atoms with Crippen LogP contribution in [0, 0.1) is 0 Å². The molecule has 32 heavy (non-hydrogen) atoms. The van der Waals surface area contributed by atoms with E-state index in [1.807, 2.05) is 29.6 Å². The van der Waals surface area contributed by atoms with E-state index in [2.05, 4.69) is 4.90 Å². The van der Waals surface area contributed by atoms with Crippen LogP contribution in [0.5, 0.6) is 0 Å². The zero-order valence-electron chi connectivity index (χ0n) is 17.8. The van der Waals surface area contributed by atoms with Crippen molar-refractivity contribution in [3.8, 4) is 11.3 Å². The van der Waals surface area contributed by atoms with Crippen molar-refractivity contribution in [2.24, 2.45) is 0 Å². The molecular formula is C23H23N3O5S. The van der Waals surface area contributed by atoms with Crippen molar-refractivity contribution < 1.29 is 23.8 Å². The lowest BCUT2D eigenvalue weighted by atomic mass is 10.1. The second-order valence-corrected chi connectivity index (χ2v) is 7.81. The number of aromatic nitrogens is 1. The summed E-state index contributed by atoms with van der Waals surface area (Å²) in [5.41, 5.74) is 2.73. The van der Waals surface area contributed by atoms with Crippen LogP contribution >= 0.6 is 11.3 Å². The fourth-order valence-electron chi connectivity index (χ4n) is 3.46. The molecule has 166 valence electrons. The Kier molecular flexibility index (Phi) is 6.67. The predicted octanol–water partition coefficient (Wildman–Crippen LogP) is 3.14. The topological polar surface area (TPSA) is 81.2 Å². The number of benzene rings is 1. The number of allylic oxidation sites excluding steroid dienone is 2. The Labute approximate surface area is 190 Å². The van der Waals surface area contributed by atoms with Gasteiger partial charge in [0.15, 0.2) is 5.13 Å². The first kappa shape index (κ1) is 21.8. The average Bonchev–Trinajstić information content (AvgIpc) is 3.24. The number of morpholine rings is 1. The number of anilines is 2. The highest BCUT2D eigenvalue weighted by molar-refractivity contribution is 7.14. The molecule has 0 amide bonds. The number of hydrogen-bond acceptors (Lipinski definition) is 9. The first-order valence-electron chi connectivity index (χ1n) is 10.1. The standard InChI is InChI=1S/C23H23N3O5S/c1-29-21(27)18-5-3-4-10-26(20(18)22(28)30-2)17-8-6-16(7-9-17)19-15-32-23(24-19)25-11-13-31-14-12-25/h3-10,15H,11-14H2,1-2H3. The Morgan fingerprint density at radius 2 is 1.75 bits per heavy atom. The van der Waals surface area contributed by atoms with E-state index in [-0.39, 0.29) is 11.3 Å². The van der Waals surface area contributed by atoms with Gasteiger partial charge in [0.1, 0.15) is 5.70 Å². The van der Waals surface area contributed by atoms with Crippen LogP contribution in [-0.2, 0) is 23.8 Å². The zero-order valence-corrected chi connectivity index (χ0v) is 18.6. The fourth-order valence-corrected chi connectivity index (χ4v) is 4.34. The van der Waals surface area contributed by atoms with E-state index in [1.165, 1.54) is 20.3 Å². The summed E-state index contributed by atoms with van der Waals surface area (Å²) < 4.78 is 15.2. The van der Waals surface area contributed by atoms with Crippen molar-refractivity contribution in [1.82, 2.24) is 4.98 Å². The summed E-state index contributed by atoms with van der Waals surface area (Å²) >= 11 is 1.61. The number of ether oxygens (including phenoxy) is 3. The molecule has 3 heterocycles. The molecule has 1 aromatic carbocycles. The van der Waals surface area contributed by atoms with Crippen LogP contribution in [-0.4, -0.2) is 57.4 Å². The van der Waals surface area contributed by atoms with Gasteiger partial charge in [-0.25, -0.2) is 14.6 Å². The largest absolute Gasteiger partial charge is 0.465 e. The summed E-state index contributed by atoms with van der Waals surface area (Å²) in [7, 11) is 2.55. The van der Waals surface area contributed by atoms with Crippen LogP contribution in [0.25, 0.3) is 11.3 Å². The van der Waals surface area contributed by atoms with Gasteiger partial charge in [0.05, 0.1) is 38.7 Å². The smallest absolute Gasteiger partial charge is 0.355 e. The van der Waals surface area contributed by atoms with Crippen LogP contribution in [0.2, 0.25) is 0 Å². The Bertz CT molecular complexity index is 1080. The molecule has 0 radical (unpaired) electrons. The number of esters is 2. The minimum atomic E-state index is -0.639. The number of nitrogens with zero attached hydrogens (tertiary/aromatic N) is 3. The van der Waals surface area contributed by atoms with Gasteiger partial charge in [0, 0.05) is 35.9 Å². The molecule has 0 N–H and O–H groups in total. The molecule has 8 nitrogen and oxygen atoms in total. The summed E-state index contributed by atoms with van der Waals surface area (Å²) in [5.74, 6) is -1.26.